The zero-order valence-corrected chi connectivity index (χ0v) is 15.8. The van der Waals surface area contributed by atoms with Crippen molar-refractivity contribution >= 4 is 17.0 Å². The Morgan fingerprint density at radius 2 is 1.93 bits per heavy atom. The van der Waals surface area contributed by atoms with Gasteiger partial charge in [0.25, 0.3) is 0 Å². The van der Waals surface area contributed by atoms with Crippen LogP contribution in [-0.2, 0) is 0 Å². The number of nitrogens with two attached hydrogens (primary N) is 1. The van der Waals surface area contributed by atoms with Gasteiger partial charge in [-0.15, -0.1) is 0 Å². The van der Waals surface area contributed by atoms with Crippen molar-refractivity contribution in [3.63, 3.8) is 0 Å². The first-order valence-electron chi connectivity index (χ1n) is 8.78. The van der Waals surface area contributed by atoms with Gasteiger partial charge in [0.15, 0.2) is 5.78 Å². The van der Waals surface area contributed by atoms with Crippen LogP contribution in [0, 0.1) is 10.8 Å². The molecule has 3 N–H and O–H groups in total. The molecule has 0 radical (unpaired) electrons. The van der Waals surface area contributed by atoms with Crippen LogP contribution in [0.25, 0.3) is 5.57 Å². The number of ether oxygens (including phenoxy) is 1. The lowest BCUT2D eigenvalue weighted by atomic mass is 9.56. The first kappa shape index (κ1) is 18.9. The lowest BCUT2D eigenvalue weighted by Crippen LogP contribution is -2.48. The Bertz CT molecular complexity index is 916. The smallest absolute Gasteiger partial charge is 0.215 e. The lowest BCUT2D eigenvalue weighted by Gasteiger charge is -2.46. The Labute approximate surface area is 159 Å². The Hall–Kier alpha value is -2.92. The molecule has 5 heteroatoms. The first-order chi connectivity index (χ1) is 12.9. The normalized spacial score (nSPS) is 20.8. The molecule has 0 bridgehead atoms. The van der Waals surface area contributed by atoms with E-state index in [-0.39, 0.29) is 24.0 Å². The van der Waals surface area contributed by atoms with Gasteiger partial charge < -0.3 is 15.6 Å². The summed E-state index contributed by atoms with van der Waals surface area (Å²) < 4.78 is 5.15. The van der Waals surface area contributed by atoms with Gasteiger partial charge in [0.05, 0.1) is 19.1 Å². The summed E-state index contributed by atoms with van der Waals surface area (Å²) in [5, 5.41) is 10.4. The highest BCUT2D eigenvalue weighted by Crippen LogP contribution is 2.53. The van der Waals surface area contributed by atoms with E-state index in [1.165, 1.54) is 13.2 Å². The highest BCUT2D eigenvalue weighted by atomic mass is 16.5. The van der Waals surface area contributed by atoms with Crippen LogP contribution in [0.5, 0.6) is 5.88 Å². The van der Waals surface area contributed by atoms with Crippen molar-refractivity contribution in [2.24, 2.45) is 10.8 Å². The molecule has 0 spiro atoms. The predicted octanol–water partition coefficient (Wildman–Crippen LogP) is 3.51. The van der Waals surface area contributed by atoms with Crippen LogP contribution in [0.4, 0.5) is 5.69 Å². The molecule has 2 aromatic rings. The average molecular weight is 364 g/mol. The molecule has 1 aromatic carbocycles. The number of methoxy groups -OCH3 is 1. The van der Waals surface area contributed by atoms with Crippen LogP contribution >= 0.6 is 0 Å². The van der Waals surface area contributed by atoms with E-state index in [1.54, 1.807) is 12.1 Å². The molecule has 0 saturated heterocycles. The molecule has 3 rings (SSSR count). The third kappa shape index (κ3) is 3.04. The van der Waals surface area contributed by atoms with Gasteiger partial charge in [-0.3, -0.25) is 4.79 Å². The Morgan fingerprint density at radius 1 is 1.22 bits per heavy atom. The number of anilines is 1. The van der Waals surface area contributed by atoms with E-state index in [9.17, 15) is 9.90 Å². The quantitative estimate of drug-likeness (QED) is 0.793. The largest absolute Gasteiger partial charge is 0.481 e. The Balaban J connectivity index is 2.12. The molecule has 1 aliphatic carbocycles. The van der Waals surface area contributed by atoms with Gasteiger partial charge in [0.1, 0.15) is 5.69 Å². The average Bonchev–Trinajstić information content (AvgIpc) is 2.67. The number of hydrogen-bond donors (Lipinski definition) is 2. The van der Waals surface area contributed by atoms with Crippen LogP contribution in [0.2, 0.25) is 0 Å². The van der Waals surface area contributed by atoms with Gasteiger partial charge in [0, 0.05) is 17.2 Å². The summed E-state index contributed by atoms with van der Waals surface area (Å²) in [5.74, 6) is -0.0266. The summed E-state index contributed by atoms with van der Waals surface area (Å²) in [6.45, 7) is 3.58. The fourth-order valence-corrected chi connectivity index (χ4v) is 3.70. The van der Waals surface area contributed by atoms with Crippen molar-refractivity contribution < 1.29 is 14.6 Å². The number of allylic oxidation sites excluding steroid dienone is 3. The minimum atomic E-state index is -1.17. The molecule has 1 aromatic heterocycles. The van der Waals surface area contributed by atoms with Crippen LogP contribution in [0.1, 0.15) is 29.9 Å². The second kappa shape index (κ2) is 7.00. The van der Waals surface area contributed by atoms with E-state index in [2.05, 4.69) is 4.98 Å². The predicted molar refractivity (Wildman–Crippen MR) is 106 cm³/mol. The fraction of sp³-hybridized carbons (Fsp3) is 0.273. The molecule has 0 amide bonds. The fourth-order valence-electron chi connectivity index (χ4n) is 3.70. The number of carbonyl (C=O) groups is 1. The minimum absolute atomic E-state index is 0.174. The van der Waals surface area contributed by atoms with E-state index >= 15 is 0 Å². The number of aromatic nitrogens is 1. The number of ketones is 1. The van der Waals surface area contributed by atoms with E-state index in [0.29, 0.717) is 5.69 Å². The van der Waals surface area contributed by atoms with E-state index in [0.717, 1.165) is 11.1 Å². The van der Waals surface area contributed by atoms with Gasteiger partial charge >= 0.3 is 0 Å². The summed E-state index contributed by atoms with van der Waals surface area (Å²) >= 11 is 0. The first-order valence-corrected chi connectivity index (χ1v) is 8.78. The van der Waals surface area contributed by atoms with E-state index < -0.39 is 10.8 Å². The SMILES string of the molecule is COc1cc(N)cc(C(=O)C2(CO)C=CC=C(c3ccccc3)C2(C)C)n1. The summed E-state index contributed by atoms with van der Waals surface area (Å²) in [6, 6.07) is 12.9. The molecule has 27 heavy (non-hydrogen) atoms. The number of Topliss-reactive ketones (excluding diaryl/α,β-unsaturated/α-hetero) is 1. The van der Waals surface area contributed by atoms with Gasteiger partial charge in [-0.25, -0.2) is 4.98 Å². The highest BCUT2D eigenvalue weighted by Gasteiger charge is 2.52. The molecular formula is C22H24N2O3. The van der Waals surface area contributed by atoms with Crippen LogP contribution in [0.15, 0.2) is 60.7 Å². The maximum atomic E-state index is 13.6. The minimum Gasteiger partial charge on any atom is -0.481 e. The lowest BCUT2D eigenvalue weighted by molar-refractivity contribution is 0.0517. The zero-order valence-electron chi connectivity index (χ0n) is 15.8. The highest BCUT2D eigenvalue weighted by molar-refractivity contribution is 6.04. The molecule has 0 aliphatic heterocycles. The molecule has 1 unspecified atom stereocenters. The van der Waals surface area contributed by atoms with Crippen molar-refractivity contribution in [3.8, 4) is 5.88 Å². The van der Waals surface area contributed by atoms with Crippen molar-refractivity contribution in [2.75, 3.05) is 19.5 Å². The number of hydrogen-bond acceptors (Lipinski definition) is 5. The van der Waals surface area contributed by atoms with Gasteiger partial charge in [-0.1, -0.05) is 62.4 Å². The van der Waals surface area contributed by atoms with E-state index in [4.69, 9.17) is 10.5 Å². The van der Waals surface area contributed by atoms with Gasteiger partial charge in [0.2, 0.25) is 5.88 Å². The molecule has 0 saturated carbocycles. The molecule has 1 atom stereocenters. The summed E-state index contributed by atoms with van der Waals surface area (Å²) in [6.07, 6.45) is 5.58. The second-order valence-electron chi connectivity index (χ2n) is 7.22. The molecular weight excluding hydrogens is 340 g/mol. The molecule has 140 valence electrons. The summed E-state index contributed by atoms with van der Waals surface area (Å²) in [7, 11) is 1.47. The number of nitrogens with zero attached hydrogens (tertiary/aromatic N) is 1. The number of nitrogen functional groups attached to an aromatic ring is 1. The Kier molecular flexibility index (Phi) is 4.89. The summed E-state index contributed by atoms with van der Waals surface area (Å²) in [4.78, 5) is 17.8. The number of aliphatic hydroxyl groups excluding tert-OH is 1. The van der Waals surface area contributed by atoms with Crippen molar-refractivity contribution in [2.45, 2.75) is 13.8 Å². The van der Waals surface area contributed by atoms with Crippen LogP contribution in [0.3, 0.4) is 0 Å². The number of pyridine rings is 1. The van der Waals surface area contributed by atoms with E-state index in [1.807, 2.05) is 56.3 Å². The third-order valence-electron chi connectivity index (χ3n) is 5.44. The molecule has 1 aliphatic rings. The third-order valence-corrected chi connectivity index (χ3v) is 5.44. The standard InChI is InChI=1S/C22H24N2O3/c1-21(2)17(15-8-5-4-6-9-15)10-7-11-22(21,14-25)20(26)18-12-16(23)13-19(24-18)27-3/h4-13,25H,14H2,1-3H3,(H2,23,24). The number of carbonyl (C=O) groups excluding carboxylic acids is 1. The second-order valence-corrected chi connectivity index (χ2v) is 7.22. The zero-order chi connectivity index (χ0) is 19.7. The van der Waals surface area contributed by atoms with Crippen molar-refractivity contribution in [1.82, 2.24) is 4.98 Å². The molecule has 1 heterocycles. The monoisotopic (exact) mass is 364 g/mol. The maximum absolute atomic E-state index is 13.6. The van der Waals surface area contributed by atoms with Crippen LogP contribution in [-0.4, -0.2) is 29.6 Å². The molecule has 5 nitrogen and oxygen atoms in total. The van der Waals surface area contributed by atoms with Gasteiger partial charge in [-0.05, 0) is 17.2 Å². The maximum Gasteiger partial charge on any atom is 0.215 e. The topological polar surface area (TPSA) is 85.4 Å². The van der Waals surface area contributed by atoms with Gasteiger partial charge in [-0.2, -0.15) is 0 Å². The molecule has 0 fully saturated rings. The van der Waals surface area contributed by atoms with Crippen molar-refractivity contribution in [1.29, 1.82) is 0 Å². The number of aliphatic hydroxyl groups is 1. The number of rotatable bonds is 5. The Morgan fingerprint density at radius 3 is 2.56 bits per heavy atom. The van der Waals surface area contributed by atoms with Crippen LogP contribution < -0.4 is 10.5 Å². The van der Waals surface area contributed by atoms with Crippen molar-refractivity contribution in [3.05, 3.63) is 72.0 Å². The summed E-state index contributed by atoms with van der Waals surface area (Å²) in [5.41, 5.74) is 6.61. The number of benzene rings is 1.